The zero-order valence-electron chi connectivity index (χ0n) is 18.6. The third-order valence-electron chi connectivity index (χ3n) is 6.78. The highest BCUT2D eigenvalue weighted by molar-refractivity contribution is 7.80. The van der Waals surface area contributed by atoms with Crippen LogP contribution in [-0.2, 0) is 16.0 Å². The lowest BCUT2D eigenvalue weighted by atomic mass is 10.1. The number of thiocarbonyl (C=S) groups is 1. The number of rotatable bonds is 7. The van der Waals surface area contributed by atoms with Crippen LogP contribution in [0.5, 0.6) is 0 Å². The molecule has 1 saturated carbocycles. The molecule has 172 valence electrons. The fraction of sp³-hybridized carbons (Fsp3) is 0.269. The molecular weight excluding hydrogens is 446 g/mol. The van der Waals surface area contributed by atoms with E-state index >= 15 is 0 Å². The van der Waals surface area contributed by atoms with Gasteiger partial charge in [0.15, 0.2) is 5.11 Å². The predicted octanol–water partition coefficient (Wildman–Crippen LogP) is 4.18. The van der Waals surface area contributed by atoms with Crippen molar-refractivity contribution < 1.29 is 9.59 Å². The van der Waals surface area contributed by atoms with Gasteiger partial charge in [-0.15, -0.1) is 0 Å². The van der Waals surface area contributed by atoms with Crippen LogP contribution in [0.3, 0.4) is 0 Å². The van der Waals surface area contributed by atoms with Crippen molar-refractivity contribution in [3.8, 4) is 0 Å². The van der Waals surface area contributed by atoms with Gasteiger partial charge in [0.05, 0.1) is 6.42 Å². The van der Waals surface area contributed by atoms with Gasteiger partial charge in [0, 0.05) is 47.1 Å². The Morgan fingerprint density at radius 3 is 2.79 bits per heavy atom. The first-order valence-electron chi connectivity index (χ1n) is 11.6. The van der Waals surface area contributed by atoms with E-state index in [9.17, 15) is 9.59 Å². The fourth-order valence-electron chi connectivity index (χ4n) is 4.87. The Balaban J connectivity index is 1.20. The van der Waals surface area contributed by atoms with Crippen molar-refractivity contribution in [2.75, 3.05) is 11.9 Å². The predicted molar refractivity (Wildman–Crippen MR) is 137 cm³/mol. The molecule has 1 atom stereocenters. The van der Waals surface area contributed by atoms with Crippen molar-refractivity contribution in [1.29, 1.82) is 0 Å². The van der Waals surface area contributed by atoms with Crippen LogP contribution in [0.4, 0.5) is 5.69 Å². The highest BCUT2D eigenvalue weighted by Crippen LogP contribution is 2.34. The summed E-state index contributed by atoms with van der Waals surface area (Å²) in [7, 11) is 0. The molecule has 2 aliphatic rings. The van der Waals surface area contributed by atoms with E-state index in [4.69, 9.17) is 12.2 Å². The summed E-state index contributed by atoms with van der Waals surface area (Å²) in [5.74, 6) is -0.247. The molecule has 0 radical (unpaired) electrons. The number of carbonyl (C=O) groups excluding carboxylic acids is 2. The standard InChI is InChI=1S/C26H25N5O2S/c32-24(29-18-6-5-16-9-11-27-22(16)13-18)14-23-25(33)31(19-7-8-19)26(34)30(23)12-10-17-15-28-21-4-2-1-3-20(17)21/h1-6,9,11,13,15,19,23,27-28H,7-8,10,12,14H2,(H,29,32). The smallest absolute Gasteiger partial charge is 0.252 e. The summed E-state index contributed by atoms with van der Waals surface area (Å²) in [4.78, 5) is 36.4. The van der Waals surface area contributed by atoms with E-state index in [1.165, 1.54) is 10.9 Å². The van der Waals surface area contributed by atoms with Gasteiger partial charge in [-0.3, -0.25) is 14.5 Å². The molecular formula is C26H25N5O2S. The second-order valence-electron chi connectivity index (χ2n) is 9.07. The molecule has 1 aliphatic carbocycles. The van der Waals surface area contributed by atoms with Crippen LogP contribution in [0.25, 0.3) is 21.8 Å². The molecule has 6 rings (SSSR count). The molecule has 3 N–H and O–H groups in total. The van der Waals surface area contributed by atoms with Crippen LogP contribution in [0.1, 0.15) is 24.8 Å². The van der Waals surface area contributed by atoms with Crippen LogP contribution < -0.4 is 5.32 Å². The molecule has 1 aliphatic heterocycles. The molecule has 2 aromatic carbocycles. The van der Waals surface area contributed by atoms with Gasteiger partial charge >= 0.3 is 0 Å². The number of aromatic amines is 2. The monoisotopic (exact) mass is 471 g/mol. The van der Waals surface area contributed by atoms with E-state index < -0.39 is 6.04 Å². The van der Waals surface area contributed by atoms with Crippen molar-refractivity contribution in [1.82, 2.24) is 19.8 Å². The Kier molecular flexibility index (Phi) is 5.10. The minimum absolute atomic E-state index is 0.0543. The van der Waals surface area contributed by atoms with Gasteiger partial charge in [0.2, 0.25) is 5.91 Å². The largest absolute Gasteiger partial charge is 0.361 e. The van der Waals surface area contributed by atoms with E-state index in [1.807, 2.05) is 53.7 Å². The summed E-state index contributed by atoms with van der Waals surface area (Å²) < 4.78 is 0. The Hall–Kier alpha value is -3.65. The van der Waals surface area contributed by atoms with Crippen molar-refractivity contribution in [3.05, 3.63) is 66.5 Å². The number of benzene rings is 2. The lowest BCUT2D eigenvalue weighted by Crippen LogP contribution is -2.39. The average Bonchev–Trinajstić information content (AvgIpc) is 3.32. The molecule has 0 spiro atoms. The minimum Gasteiger partial charge on any atom is -0.361 e. The van der Waals surface area contributed by atoms with Crippen LogP contribution in [0, 0.1) is 0 Å². The van der Waals surface area contributed by atoms with E-state index in [-0.39, 0.29) is 24.3 Å². The Morgan fingerprint density at radius 1 is 1.09 bits per heavy atom. The van der Waals surface area contributed by atoms with Crippen LogP contribution in [0.2, 0.25) is 0 Å². The van der Waals surface area contributed by atoms with Crippen LogP contribution in [0.15, 0.2) is 60.9 Å². The number of carbonyl (C=O) groups is 2. The maximum absolute atomic E-state index is 13.3. The quantitative estimate of drug-likeness (QED) is 0.353. The lowest BCUT2D eigenvalue weighted by molar-refractivity contribution is -0.131. The molecule has 3 heterocycles. The number of amides is 2. The van der Waals surface area contributed by atoms with Crippen molar-refractivity contribution in [2.24, 2.45) is 0 Å². The molecule has 2 aromatic heterocycles. The summed E-state index contributed by atoms with van der Waals surface area (Å²) in [6, 6.07) is 15.5. The third-order valence-corrected chi connectivity index (χ3v) is 7.21. The zero-order chi connectivity index (χ0) is 23.2. The molecule has 8 heteroatoms. The summed E-state index contributed by atoms with van der Waals surface area (Å²) in [6.07, 6.45) is 6.63. The number of fused-ring (bicyclic) bond motifs is 2. The van der Waals surface area contributed by atoms with Gasteiger partial charge < -0.3 is 20.2 Å². The maximum Gasteiger partial charge on any atom is 0.252 e. The number of aromatic nitrogens is 2. The second kappa shape index (κ2) is 8.29. The van der Waals surface area contributed by atoms with Gasteiger partial charge in [0.1, 0.15) is 6.04 Å². The van der Waals surface area contributed by atoms with Gasteiger partial charge in [0.25, 0.3) is 5.91 Å². The Labute approximate surface area is 202 Å². The molecule has 1 saturated heterocycles. The topological polar surface area (TPSA) is 84.2 Å². The SMILES string of the molecule is O=C(CC1C(=O)N(C2CC2)C(=S)N1CCc1c[nH]c2ccccc12)Nc1ccc2cc[nH]c2c1. The normalized spacial score (nSPS) is 18.4. The van der Waals surface area contributed by atoms with Crippen molar-refractivity contribution in [3.63, 3.8) is 0 Å². The minimum atomic E-state index is -0.576. The summed E-state index contributed by atoms with van der Waals surface area (Å²) in [5.41, 5.74) is 3.93. The highest BCUT2D eigenvalue weighted by atomic mass is 32.1. The number of H-pyrrole nitrogens is 2. The number of hydrogen-bond donors (Lipinski definition) is 3. The van der Waals surface area contributed by atoms with Crippen molar-refractivity contribution in [2.45, 2.75) is 37.8 Å². The van der Waals surface area contributed by atoms with Gasteiger partial charge in [-0.05, 0) is 66.7 Å². The van der Waals surface area contributed by atoms with Gasteiger partial charge in [-0.2, -0.15) is 0 Å². The molecule has 2 fully saturated rings. The Bertz CT molecular complexity index is 1420. The Morgan fingerprint density at radius 2 is 1.94 bits per heavy atom. The van der Waals surface area contributed by atoms with E-state index in [0.29, 0.717) is 17.3 Å². The van der Waals surface area contributed by atoms with Gasteiger partial charge in [-0.25, -0.2) is 0 Å². The third kappa shape index (κ3) is 3.74. The van der Waals surface area contributed by atoms with E-state index in [0.717, 1.165) is 35.7 Å². The maximum atomic E-state index is 13.3. The summed E-state index contributed by atoms with van der Waals surface area (Å²) in [6.45, 7) is 0.585. The summed E-state index contributed by atoms with van der Waals surface area (Å²) in [5, 5.41) is 5.76. The fourth-order valence-corrected chi connectivity index (χ4v) is 5.33. The van der Waals surface area contributed by atoms with E-state index in [1.54, 1.807) is 4.90 Å². The zero-order valence-corrected chi connectivity index (χ0v) is 19.4. The summed E-state index contributed by atoms with van der Waals surface area (Å²) >= 11 is 5.74. The number of anilines is 1. The molecule has 34 heavy (non-hydrogen) atoms. The van der Waals surface area contributed by atoms with Crippen molar-refractivity contribution >= 4 is 56.6 Å². The molecule has 0 bridgehead atoms. The molecule has 7 nitrogen and oxygen atoms in total. The number of para-hydroxylation sites is 1. The molecule has 1 unspecified atom stereocenters. The number of nitrogens with zero attached hydrogens (tertiary/aromatic N) is 2. The highest BCUT2D eigenvalue weighted by Gasteiger charge is 2.48. The van der Waals surface area contributed by atoms with Crippen LogP contribution >= 0.6 is 12.2 Å². The van der Waals surface area contributed by atoms with Crippen LogP contribution in [-0.4, -0.2) is 55.3 Å². The first-order valence-corrected chi connectivity index (χ1v) is 12.0. The van der Waals surface area contributed by atoms with Gasteiger partial charge in [-0.1, -0.05) is 24.3 Å². The first kappa shape index (κ1) is 20.9. The average molecular weight is 472 g/mol. The second-order valence-corrected chi connectivity index (χ2v) is 9.44. The van der Waals surface area contributed by atoms with E-state index in [2.05, 4.69) is 27.4 Å². The molecule has 4 aromatic rings. The number of nitrogens with one attached hydrogen (secondary N) is 3. The lowest BCUT2D eigenvalue weighted by Gasteiger charge is -2.23. The number of hydrogen-bond acceptors (Lipinski definition) is 3. The first-order chi connectivity index (χ1) is 16.6. The molecule has 2 amide bonds.